The van der Waals surface area contributed by atoms with E-state index in [4.69, 9.17) is 0 Å². The van der Waals surface area contributed by atoms with Gasteiger partial charge in [-0.3, -0.25) is 0 Å². The Labute approximate surface area is 127 Å². The number of rotatable bonds is 1. The van der Waals surface area contributed by atoms with Gasteiger partial charge in [0.05, 0.1) is 5.69 Å². The van der Waals surface area contributed by atoms with Crippen LogP contribution in [-0.4, -0.2) is 0 Å². The van der Waals surface area contributed by atoms with Crippen LogP contribution in [-0.2, 0) is 16.2 Å². The second-order valence-electron chi connectivity index (χ2n) is 8.78. The molecule has 0 saturated carbocycles. The van der Waals surface area contributed by atoms with Gasteiger partial charge in [0.15, 0.2) is 0 Å². The lowest BCUT2D eigenvalue weighted by Crippen LogP contribution is -2.21. The average molecular weight is 291 g/mol. The van der Waals surface area contributed by atoms with Crippen molar-refractivity contribution in [2.75, 3.05) is 0 Å². The standard InChI is InChI=1S/C18H30NP/c1-16(2,3)12-10-13(17(4,5)6)15(19-20)14(11-12)18(7,8)9/h10-11,20H,1-9H3. The summed E-state index contributed by atoms with van der Waals surface area (Å²) in [5, 5.41) is 0. The van der Waals surface area contributed by atoms with Crippen LogP contribution < -0.4 is 0 Å². The van der Waals surface area contributed by atoms with E-state index in [0.29, 0.717) is 0 Å². The van der Waals surface area contributed by atoms with Crippen LogP contribution in [0.25, 0.3) is 0 Å². The smallest absolute Gasteiger partial charge is 0.0746 e. The molecule has 112 valence electrons. The van der Waals surface area contributed by atoms with Crippen molar-refractivity contribution in [3.05, 3.63) is 28.8 Å². The van der Waals surface area contributed by atoms with Crippen molar-refractivity contribution in [3.63, 3.8) is 0 Å². The number of nitrogens with zero attached hydrogens (tertiary/aromatic N) is 1. The van der Waals surface area contributed by atoms with E-state index in [9.17, 15) is 0 Å². The Morgan fingerprint density at radius 3 is 1.25 bits per heavy atom. The predicted octanol–water partition coefficient (Wildman–Crippen LogP) is 6.54. The van der Waals surface area contributed by atoms with Gasteiger partial charge in [0.25, 0.3) is 0 Å². The SMILES string of the molecule is CC(C)(C)c1cc(C(C)(C)C)c(N=P)c(C(C)(C)C)c1. The fourth-order valence-corrected chi connectivity index (χ4v) is 2.57. The van der Waals surface area contributed by atoms with E-state index in [1.807, 2.05) is 0 Å². The molecular formula is C18H30NP. The van der Waals surface area contributed by atoms with E-state index < -0.39 is 0 Å². The summed E-state index contributed by atoms with van der Waals surface area (Å²) in [7, 11) is 3.40. The summed E-state index contributed by atoms with van der Waals surface area (Å²) < 4.78 is 4.43. The Hall–Kier alpha value is -0.680. The molecule has 1 nitrogen and oxygen atoms in total. The maximum Gasteiger partial charge on any atom is 0.0746 e. The molecule has 0 aliphatic heterocycles. The lowest BCUT2D eigenvalue weighted by molar-refractivity contribution is 0.550. The molecule has 0 aromatic heterocycles. The van der Waals surface area contributed by atoms with E-state index in [-0.39, 0.29) is 16.2 Å². The van der Waals surface area contributed by atoms with Crippen LogP contribution in [0.1, 0.15) is 79.0 Å². The van der Waals surface area contributed by atoms with Crippen LogP contribution in [0.3, 0.4) is 0 Å². The van der Waals surface area contributed by atoms with Gasteiger partial charge in [0, 0.05) is 0 Å². The fraction of sp³-hybridized carbons (Fsp3) is 0.667. The van der Waals surface area contributed by atoms with E-state index in [2.05, 4.69) is 88.2 Å². The van der Waals surface area contributed by atoms with Crippen molar-refractivity contribution in [1.29, 1.82) is 0 Å². The second-order valence-corrected chi connectivity index (χ2v) is 9.01. The zero-order valence-corrected chi connectivity index (χ0v) is 15.6. The largest absolute Gasteiger partial charge is 0.235 e. The molecule has 0 aliphatic rings. The van der Waals surface area contributed by atoms with Gasteiger partial charge in [0.1, 0.15) is 0 Å². The predicted molar refractivity (Wildman–Crippen MR) is 92.9 cm³/mol. The summed E-state index contributed by atoms with van der Waals surface area (Å²) in [6, 6.07) is 4.66. The monoisotopic (exact) mass is 291 g/mol. The lowest BCUT2D eigenvalue weighted by Gasteiger charge is -2.31. The zero-order chi connectivity index (χ0) is 15.9. The molecule has 0 radical (unpaired) electrons. The van der Waals surface area contributed by atoms with Gasteiger partial charge >= 0.3 is 0 Å². The lowest BCUT2D eigenvalue weighted by atomic mass is 9.74. The van der Waals surface area contributed by atoms with Crippen molar-refractivity contribution in [2.45, 2.75) is 78.6 Å². The Kier molecular flexibility index (Phi) is 4.57. The highest BCUT2D eigenvalue weighted by Crippen LogP contribution is 2.43. The molecule has 0 aliphatic carbocycles. The van der Waals surface area contributed by atoms with Gasteiger partial charge in [-0.15, -0.1) is 0 Å². The van der Waals surface area contributed by atoms with E-state index >= 15 is 0 Å². The van der Waals surface area contributed by atoms with Crippen molar-refractivity contribution < 1.29 is 0 Å². The van der Waals surface area contributed by atoms with Gasteiger partial charge in [-0.05, 0) is 42.0 Å². The molecule has 0 N–H and O–H groups in total. The highest BCUT2D eigenvalue weighted by molar-refractivity contribution is 7.04. The molecular weight excluding hydrogens is 261 g/mol. The summed E-state index contributed by atoms with van der Waals surface area (Å²) in [6.45, 7) is 20.3. The third-order valence-electron chi connectivity index (χ3n) is 3.70. The maximum atomic E-state index is 4.43. The minimum Gasteiger partial charge on any atom is -0.235 e. The first-order valence-electron chi connectivity index (χ1n) is 7.35. The Morgan fingerprint density at radius 2 is 1.05 bits per heavy atom. The van der Waals surface area contributed by atoms with E-state index in [1.165, 1.54) is 16.7 Å². The fourth-order valence-electron chi connectivity index (χ4n) is 2.33. The Bertz CT molecular complexity index is 473. The molecule has 1 rings (SSSR count). The van der Waals surface area contributed by atoms with Gasteiger partial charge in [0.2, 0.25) is 0 Å². The number of hydrogen-bond acceptors (Lipinski definition) is 1. The van der Waals surface area contributed by atoms with Crippen LogP contribution in [0.15, 0.2) is 16.9 Å². The summed E-state index contributed by atoms with van der Waals surface area (Å²) in [5.41, 5.74) is 5.39. The normalized spacial score (nSPS) is 13.4. The van der Waals surface area contributed by atoms with Crippen LogP contribution in [0.5, 0.6) is 0 Å². The molecule has 20 heavy (non-hydrogen) atoms. The Morgan fingerprint density at radius 1 is 0.700 bits per heavy atom. The number of hydrogen-bond donors (Lipinski definition) is 0. The van der Waals surface area contributed by atoms with E-state index in [0.717, 1.165) is 5.69 Å². The zero-order valence-electron chi connectivity index (χ0n) is 14.6. The summed E-state index contributed by atoms with van der Waals surface area (Å²) >= 11 is 0. The van der Waals surface area contributed by atoms with Gasteiger partial charge in [-0.2, -0.15) is 0 Å². The van der Waals surface area contributed by atoms with Crippen LogP contribution >= 0.6 is 9.03 Å². The third kappa shape index (κ3) is 3.70. The minimum atomic E-state index is 0.0761. The maximum absolute atomic E-state index is 4.43. The molecule has 0 unspecified atom stereocenters. The van der Waals surface area contributed by atoms with Crippen molar-refractivity contribution in [3.8, 4) is 0 Å². The van der Waals surface area contributed by atoms with Gasteiger partial charge < -0.3 is 0 Å². The minimum absolute atomic E-state index is 0.0761. The Balaban J connectivity index is 3.80. The van der Waals surface area contributed by atoms with Gasteiger partial charge in [-0.1, -0.05) is 74.4 Å². The molecule has 1 aromatic carbocycles. The number of benzene rings is 1. The van der Waals surface area contributed by atoms with Gasteiger partial charge in [-0.25, -0.2) is 4.74 Å². The molecule has 0 atom stereocenters. The van der Waals surface area contributed by atoms with Crippen molar-refractivity contribution in [1.82, 2.24) is 0 Å². The summed E-state index contributed by atoms with van der Waals surface area (Å²) in [4.78, 5) is 0. The first-order chi connectivity index (χ1) is 8.78. The van der Waals surface area contributed by atoms with Crippen LogP contribution in [0.2, 0.25) is 0 Å². The molecule has 0 spiro atoms. The van der Waals surface area contributed by atoms with Crippen molar-refractivity contribution in [2.24, 2.45) is 4.74 Å². The first kappa shape index (κ1) is 17.4. The first-order valence-corrected chi connectivity index (χ1v) is 7.80. The van der Waals surface area contributed by atoms with Crippen LogP contribution in [0.4, 0.5) is 5.69 Å². The molecule has 0 fully saturated rings. The highest BCUT2D eigenvalue weighted by atomic mass is 31.0. The summed E-state index contributed by atoms with van der Waals surface area (Å²) in [5.74, 6) is 0. The molecule has 0 saturated heterocycles. The van der Waals surface area contributed by atoms with Crippen LogP contribution in [0, 0.1) is 0 Å². The second kappa shape index (κ2) is 5.26. The van der Waals surface area contributed by atoms with Crippen molar-refractivity contribution >= 4 is 14.7 Å². The highest BCUT2D eigenvalue weighted by Gasteiger charge is 2.28. The molecule has 0 bridgehead atoms. The summed E-state index contributed by atoms with van der Waals surface area (Å²) in [6.07, 6.45) is 0. The molecule has 0 heterocycles. The molecule has 0 amide bonds. The topological polar surface area (TPSA) is 12.4 Å². The molecule has 2 heteroatoms. The molecule has 1 aromatic rings. The average Bonchev–Trinajstić information content (AvgIpc) is 2.23. The quantitative estimate of drug-likeness (QED) is 0.521. The third-order valence-corrected chi connectivity index (χ3v) is 3.93. The van der Waals surface area contributed by atoms with E-state index in [1.54, 1.807) is 0 Å².